The minimum absolute atomic E-state index is 0.101. The molecule has 7 unspecified atom stereocenters. The fourth-order valence-electron chi connectivity index (χ4n) is 7.54. The fourth-order valence-corrected chi connectivity index (χ4v) is 7.54. The van der Waals surface area contributed by atoms with Gasteiger partial charge in [-0.05, 0) is 79.4 Å². The lowest BCUT2D eigenvalue weighted by Crippen LogP contribution is -2.48. The van der Waals surface area contributed by atoms with Gasteiger partial charge in [0, 0.05) is 13.0 Å². The molecule has 4 heteroatoms. The molecule has 2 fully saturated rings. The van der Waals surface area contributed by atoms with E-state index in [1.165, 1.54) is 32.4 Å². The Morgan fingerprint density at radius 3 is 2.65 bits per heavy atom. The molecule has 0 aliphatic heterocycles. The highest BCUT2D eigenvalue weighted by molar-refractivity contribution is 5.81. The van der Waals surface area contributed by atoms with Crippen LogP contribution < -0.4 is 0 Å². The zero-order valence-electron chi connectivity index (χ0n) is 19.8. The minimum Gasteiger partial charge on any atom is -0.466 e. The summed E-state index contributed by atoms with van der Waals surface area (Å²) in [5.41, 5.74) is 3.60. The maximum Gasteiger partial charge on any atom is 0.330 e. The number of ether oxygens (including phenoxy) is 2. The van der Waals surface area contributed by atoms with Gasteiger partial charge in [-0.3, -0.25) is 4.79 Å². The van der Waals surface area contributed by atoms with E-state index in [9.17, 15) is 9.59 Å². The monoisotopic (exact) mass is 426 g/mol. The van der Waals surface area contributed by atoms with Gasteiger partial charge in [-0.1, -0.05) is 50.1 Å². The van der Waals surface area contributed by atoms with Crippen molar-refractivity contribution in [3.63, 3.8) is 0 Å². The van der Waals surface area contributed by atoms with E-state index in [1.54, 1.807) is 11.6 Å². The second-order valence-electron chi connectivity index (χ2n) is 10.8. The number of esters is 2. The van der Waals surface area contributed by atoms with E-state index >= 15 is 0 Å². The molecule has 0 heterocycles. The van der Waals surface area contributed by atoms with Crippen molar-refractivity contribution in [3.05, 3.63) is 35.5 Å². The Morgan fingerprint density at radius 1 is 1.16 bits per heavy atom. The molecular weight excluding hydrogens is 388 g/mol. The Balaban J connectivity index is 1.54. The van der Waals surface area contributed by atoms with Crippen LogP contribution in [0.5, 0.6) is 0 Å². The number of hydrogen-bond acceptors (Lipinski definition) is 4. The molecule has 170 valence electrons. The average molecular weight is 427 g/mol. The average Bonchev–Trinajstić information content (AvgIpc) is 3.09. The first-order chi connectivity index (χ1) is 14.7. The third-order valence-corrected chi connectivity index (χ3v) is 9.17. The fraction of sp³-hybridized carbons (Fsp3) is 0.704. The van der Waals surface area contributed by atoms with Gasteiger partial charge in [0.2, 0.25) is 0 Å². The van der Waals surface area contributed by atoms with Crippen LogP contribution in [0.25, 0.3) is 0 Å². The highest BCUT2D eigenvalue weighted by Crippen LogP contribution is 2.65. The number of hydrogen-bond donors (Lipinski definition) is 0. The Labute approximate surface area is 187 Å². The van der Waals surface area contributed by atoms with E-state index in [1.807, 2.05) is 6.08 Å². The topological polar surface area (TPSA) is 52.6 Å². The van der Waals surface area contributed by atoms with Crippen LogP contribution in [0.2, 0.25) is 0 Å². The highest BCUT2D eigenvalue weighted by Gasteiger charge is 2.55. The van der Waals surface area contributed by atoms with Gasteiger partial charge in [-0.25, -0.2) is 4.79 Å². The highest BCUT2D eigenvalue weighted by atomic mass is 16.5. The van der Waals surface area contributed by atoms with Crippen molar-refractivity contribution in [1.29, 1.82) is 0 Å². The summed E-state index contributed by atoms with van der Waals surface area (Å²) in [6.45, 7) is 8.65. The number of carbonyl (C=O) groups excluding carboxylic acids is 2. The molecule has 4 rings (SSSR count). The summed E-state index contributed by atoms with van der Waals surface area (Å²) in [7, 11) is 1.42. The van der Waals surface area contributed by atoms with Crippen molar-refractivity contribution < 1.29 is 19.1 Å². The SMILES string of the molecule is COC(=O)C=CC(C)C1=CCC2C3CCC4CC(OC(C)=O)CCC4(C)C3=CCC12C. The molecule has 0 spiro atoms. The lowest BCUT2D eigenvalue weighted by Gasteiger charge is -2.57. The zero-order chi connectivity index (χ0) is 22.4. The molecule has 0 aromatic heterocycles. The minimum atomic E-state index is -0.284. The second-order valence-corrected chi connectivity index (χ2v) is 10.8. The Kier molecular flexibility index (Phi) is 5.95. The van der Waals surface area contributed by atoms with Gasteiger partial charge in [0.15, 0.2) is 0 Å². The summed E-state index contributed by atoms with van der Waals surface area (Å²) >= 11 is 0. The normalized spacial score (nSPS) is 40.2. The van der Waals surface area contributed by atoms with Crippen molar-refractivity contribution >= 4 is 11.9 Å². The second kappa shape index (κ2) is 8.26. The zero-order valence-corrected chi connectivity index (χ0v) is 19.8. The smallest absolute Gasteiger partial charge is 0.330 e. The molecule has 4 aliphatic carbocycles. The van der Waals surface area contributed by atoms with Crippen molar-refractivity contribution in [1.82, 2.24) is 0 Å². The standard InChI is InChI=1S/C27H38O4/c1-17(6-11-25(29)30-5)22-9-10-23-21-8-7-19-16-20(31-18(2)28)12-14-26(19,3)24(21)13-15-27(22,23)4/h6,9,11,13,17,19-21,23H,7-8,10,12,14-16H2,1-5H3. The summed E-state index contributed by atoms with van der Waals surface area (Å²) in [6, 6.07) is 0. The van der Waals surface area contributed by atoms with Crippen molar-refractivity contribution in [2.24, 2.45) is 34.5 Å². The molecule has 2 saturated carbocycles. The van der Waals surface area contributed by atoms with Gasteiger partial charge in [-0.15, -0.1) is 0 Å². The van der Waals surface area contributed by atoms with Crippen LogP contribution in [0.1, 0.15) is 72.6 Å². The Hall–Kier alpha value is -1.84. The van der Waals surface area contributed by atoms with E-state index in [-0.39, 0.29) is 34.8 Å². The Bertz CT molecular complexity index is 836. The molecule has 4 aliphatic rings. The van der Waals surface area contributed by atoms with Crippen LogP contribution >= 0.6 is 0 Å². The quantitative estimate of drug-likeness (QED) is 0.325. The summed E-state index contributed by atoms with van der Waals surface area (Å²) in [4.78, 5) is 23.0. The molecule has 31 heavy (non-hydrogen) atoms. The van der Waals surface area contributed by atoms with Gasteiger partial charge in [0.25, 0.3) is 0 Å². The molecule has 0 N–H and O–H groups in total. The number of rotatable bonds is 4. The third-order valence-electron chi connectivity index (χ3n) is 9.17. The molecule has 0 aromatic carbocycles. The largest absolute Gasteiger partial charge is 0.466 e. The molecule has 0 saturated heterocycles. The number of allylic oxidation sites excluding steroid dienone is 5. The van der Waals surface area contributed by atoms with Crippen LogP contribution in [-0.4, -0.2) is 25.2 Å². The van der Waals surface area contributed by atoms with E-state index in [4.69, 9.17) is 9.47 Å². The lowest BCUT2D eigenvalue weighted by molar-refractivity contribution is -0.151. The molecule has 0 bridgehead atoms. The van der Waals surface area contributed by atoms with Gasteiger partial charge in [0.1, 0.15) is 6.10 Å². The van der Waals surface area contributed by atoms with Crippen molar-refractivity contribution in [2.45, 2.75) is 78.7 Å². The predicted molar refractivity (Wildman–Crippen MR) is 121 cm³/mol. The summed E-state index contributed by atoms with van der Waals surface area (Å²) in [5.74, 6) is 1.74. The van der Waals surface area contributed by atoms with Gasteiger partial charge in [0.05, 0.1) is 7.11 Å². The predicted octanol–water partition coefficient (Wildman–Crippen LogP) is 5.78. The lowest BCUT2D eigenvalue weighted by atomic mass is 9.48. The van der Waals surface area contributed by atoms with Crippen LogP contribution in [0.15, 0.2) is 35.5 Å². The van der Waals surface area contributed by atoms with Crippen molar-refractivity contribution in [2.75, 3.05) is 7.11 Å². The maximum absolute atomic E-state index is 11.6. The molecule has 0 amide bonds. The van der Waals surface area contributed by atoms with E-state index < -0.39 is 0 Å². The summed E-state index contributed by atoms with van der Waals surface area (Å²) in [5, 5.41) is 0. The van der Waals surface area contributed by atoms with Gasteiger partial charge in [-0.2, -0.15) is 0 Å². The molecule has 7 atom stereocenters. The van der Waals surface area contributed by atoms with Crippen LogP contribution in [0.4, 0.5) is 0 Å². The third kappa shape index (κ3) is 3.81. The number of carbonyl (C=O) groups is 2. The summed E-state index contributed by atoms with van der Waals surface area (Å²) in [6.07, 6.45) is 16.5. The van der Waals surface area contributed by atoms with E-state index in [0.717, 1.165) is 32.1 Å². The first-order valence-electron chi connectivity index (χ1n) is 12.0. The van der Waals surface area contributed by atoms with Crippen LogP contribution in [0, 0.1) is 34.5 Å². The van der Waals surface area contributed by atoms with Crippen LogP contribution in [0.3, 0.4) is 0 Å². The first kappa shape index (κ1) is 22.4. The molecule has 0 aromatic rings. The molecular formula is C27H38O4. The molecule has 0 radical (unpaired) electrons. The Morgan fingerprint density at radius 2 is 1.94 bits per heavy atom. The van der Waals surface area contributed by atoms with Crippen LogP contribution in [-0.2, 0) is 19.1 Å². The first-order valence-corrected chi connectivity index (χ1v) is 12.0. The van der Waals surface area contributed by atoms with Gasteiger partial charge < -0.3 is 9.47 Å². The number of methoxy groups -OCH3 is 1. The van der Waals surface area contributed by atoms with Crippen molar-refractivity contribution in [3.8, 4) is 0 Å². The summed E-state index contributed by atoms with van der Waals surface area (Å²) < 4.78 is 10.4. The van der Waals surface area contributed by atoms with Gasteiger partial charge >= 0.3 is 11.9 Å². The maximum atomic E-state index is 11.6. The number of fused-ring (bicyclic) bond motifs is 5. The van der Waals surface area contributed by atoms with E-state index in [2.05, 4.69) is 32.9 Å². The molecule has 4 nitrogen and oxygen atoms in total. The van der Waals surface area contributed by atoms with E-state index in [0.29, 0.717) is 17.8 Å².